The first-order valence-corrected chi connectivity index (χ1v) is 13.1. The van der Waals surface area contributed by atoms with Crippen molar-refractivity contribution in [3.05, 3.63) is 71.0 Å². The Labute approximate surface area is 196 Å². The van der Waals surface area contributed by atoms with E-state index >= 15 is 0 Å². The van der Waals surface area contributed by atoms with Crippen LogP contribution in [0.1, 0.15) is 22.8 Å². The molecule has 2 N–H and O–H groups in total. The standard InChI is InChI=1S/C23H24N4O4S2/c28-21(14-16-3-1-4-17(13-16)33(29,30)27-9-11-31-12-10-27)26-22-7-6-20(32-22)19-15-25-23-18(19)5-2-8-24-23/h1-5,7-8,13,15,20H,6,9-12,14H2,(H,24,25)(H,26,28). The lowest BCUT2D eigenvalue weighted by Gasteiger charge is -2.26. The summed E-state index contributed by atoms with van der Waals surface area (Å²) in [6, 6.07) is 10.6. The summed E-state index contributed by atoms with van der Waals surface area (Å²) in [5.74, 6) is -0.170. The molecule has 172 valence electrons. The van der Waals surface area contributed by atoms with Gasteiger partial charge in [-0.2, -0.15) is 4.31 Å². The number of ether oxygens (including phenoxy) is 1. The molecule has 0 spiro atoms. The van der Waals surface area contributed by atoms with E-state index < -0.39 is 10.0 Å². The summed E-state index contributed by atoms with van der Waals surface area (Å²) in [7, 11) is -3.60. The highest BCUT2D eigenvalue weighted by Gasteiger charge is 2.27. The SMILES string of the molecule is O=C(Cc1cccc(S(=O)(=O)N2CCOCC2)c1)NC1=CCC(c2c[nH]c3ncccc23)S1. The summed E-state index contributed by atoms with van der Waals surface area (Å²) in [6.07, 6.45) is 6.69. The highest BCUT2D eigenvalue weighted by molar-refractivity contribution is 8.03. The number of nitrogens with one attached hydrogen (secondary N) is 2. The van der Waals surface area contributed by atoms with E-state index in [1.165, 1.54) is 9.87 Å². The maximum absolute atomic E-state index is 12.9. The minimum Gasteiger partial charge on any atom is -0.379 e. The number of pyridine rings is 1. The van der Waals surface area contributed by atoms with Gasteiger partial charge in [0, 0.05) is 36.1 Å². The van der Waals surface area contributed by atoms with Crippen LogP contribution in [0.5, 0.6) is 0 Å². The number of aromatic amines is 1. The van der Waals surface area contributed by atoms with Gasteiger partial charge in [0.1, 0.15) is 5.65 Å². The number of morpholine rings is 1. The van der Waals surface area contributed by atoms with Crippen LogP contribution in [0.4, 0.5) is 0 Å². The molecule has 1 atom stereocenters. The second-order valence-electron chi connectivity index (χ2n) is 7.94. The second-order valence-corrected chi connectivity index (χ2v) is 11.1. The molecule has 5 rings (SSSR count). The molecule has 1 amide bonds. The molecule has 0 radical (unpaired) electrons. The number of aromatic nitrogens is 2. The molecule has 4 heterocycles. The Hall–Kier alpha value is -2.66. The minimum absolute atomic E-state index is 0.103. The number of hydrogen-bond acceptors (Lipinski definition) is 6. The quantitative estimate of drug-likeness (QED) is 0.558. The van der Waals surface area contributed by atoms with Gasteiger partial charge in [0.25, 0.3) is 0 Å². The Morgan fingerprint density at radius 2 is 2.09 bits per heavy atom. The van der Waals surface area contributed by atoms with Gasteiger partial charge in [-0.3, -0.25) is 4.79 Å². The molecule has 1 fully saturated rings. The van der Waals surface area contributed by atoms with E-state index in [9.17, 15) is 13.2 Å². The first kappa shape index (κ1) is 22.1. The first-order valence-electron chi connectivity index (χ1n) is 10.8. The first-order chi connectivity index (χ1) is 16.0. The summed E-state index contributed by atoms with van der Waals surface area (Å²) in [4.78, 5) is 20.4. The Morgan fingerprint density at radius 3 is 2.94 bits per heavy atom. The van der Waals surface area contributed by atoms with Gasteiger partial charge in [0.2, 0.25) is 15.9 Å². The molecule has 1 aromatic carbocycles. The van der Waals surface area contributed by atoms with E-state index in [1.807, 2.05) is 24.4 Å². The third-order valence-corrected chi connectivity index (χ3v) is 8.90. The molecule has 2 aliphatic rings. The zero-order valence-electron chi connectivity index (χ0n) is 17.9. The van der Waals surface area contributed by atoms with E-state index in [2.05, 4.69) is 15.3 Å². The lowest BCUT2D eigenvalue weighted by atomic mass is 10.1. The summed E-state index contributed by atoms with van der Waals surface area (Å²) in [5.41, 5.74) is 2.69. The maximum Gasteiger partial charge on any atom is 0.243 e. The van der Waals surface area contributed by atoms with Crippen LogP contribution in [0.3, 0.4) is 0 Å². The second kappa shape index (κ2) is 9.30. The van der Waals surface area contributed by atoms with Gasteiger partial charge < -0.3 is 15.0 Å². The number of carbonyl (C=O) groups is 1. The van der Waals surface area contributed by atoms with Crippen LogP contribution in [0.2, 0.25) is 0 Å². The zero-order valence-corrected chi connectivity index (χ0v) is 19.5. The van der Waals surface area contributed by atoms with Gasteiger partial charge in [-0.15, -0.1) is 11.8 Å². The normalized spacial score (nSPS) is 19.5. The molecule has 0 aliphatic carbocycles. The predicted octanol–water partition coefficient (Wildman–Crippen LogP) is 2.96. The van der Waals surface area contributed by atoms with E-state index in [1.54, 1.807) is 42.2 Å². The molecule has 10 heteroatoms. The summed E-state index contributed by atoms with van der Waals surface area (Å²) < 4.78 is 32.5. The molecule has 0 saturated carbocycles. The number of fused-ring (bicyclic) bond motifs is 1. The molecule has 2 aliphatic heterocycles. The average Bonchev–Trinajstić information content (AvgIpc) is 3.46. The highest BCUT2D eigenvalue weighted by Crippen LogP contribution is 2.44. The van der Waals surface area contributed by atoms with Crippen molar-refractivity contribution in [2.24, 2.45) is 0 Å². The molecule has 1 saturated heterocycles. The summed E-state index contributed by atoms with van der Waals surface area (Å²) in [6.45, 7) is 1.46. The van der Waals surface area contributed by atoms with Crippen molar-refractivity contribution in [3.8, 4) is 0 Å². The van der Waals surface area contributed by atoms with Gasteiger partial charge in [-0.1, -0.05) is 18.2 Å². The Balaban J connectivity index is 1.22. The fourth-order valence-corrected chi connectivity index (χ4v) is 6.76. The number of H-pyrrole nitrogens is 1. The van der Waals surface area contributed by atoms with Gasteiger partial charge in [-0.05, 0) is 41.8 Å². The molecule has 1 unspecified atom stereocenters. The topological polar surface area (TPSA) is 104 Å². The molecule has 8 nitrogen and oxygen atoms in total. The molecule has 0 bridgehead atoms. The van der Waals surface area contributed by atoms with E-state index in [-0.39, 0.29) is 22.5 Å². The average molecular weight is 485 g/mol. The molecular weight excluding hydrogens is 460 g/mol. The largest absolute Gasteiger partial charge is 0.379 e. The number of nitrogens with zero attached hydrogens (tertiary/aromatic N) is 2. The van der Waals surface area contributed by atoms with Crippen molar-refractivity contribution >= 4 is 38.7 Å². The molecule has 33 heavy (non-hydrogen) atoms. The van der Waals surface area contributed by atoms with Gasteiger partial charge in [0.05, 0.1) is 29.6 Å². The van der Waals surface area contributed by atoms with Crippen LogP contribution in [0.25, 0.3) is 11.0 Å². The van der Waals surface area contributed by atoms with Crippen molar-refractivity contribution in [1.29, 1.82) is 0 Å². The smallest absolute Gasteiger partial charge is 0.243 e. The number of sulfonamides is 1. The lowest BCUT2D eigenvalue weighted by molar-refractivity contribution is -0.119. The van der Waals surface area contributed by atoms with Gasteiger partial charge in [0.15, 0.2) is 0 Å². The van der Waals surface area contributed by atoms with Gasteiger partial charge >= 0.3 is 0 Å². The monoisotopic (exact) mass is 484 g/mol. The molecular formula is C23H24N4O4S2. The van der Waals surface area contributed by atoms with E-state index in [4.69, 9.17) is 4.74 Å². The number of rotatable bonds is 6. The maximum atomic E-state index is 12.9. The van der Waals surface area contributed by atoms with Crippen LogP contribution < -0.4 is 5.32 Å². The van der Waals surface area contributed by atoms with E-state index in [0.717, 1.165) is 22.5 Å². The van der Waals surface area contributed by atoms with Crippen molar-refractivity contribution in [1.82, 2.24) is 19.6 Å². The zero-order chi connectivity index (χ0) is 22.8. The van der Waals surface area contributed by atoms with Crippen LogP contribution in [-0.2, 0) is 26.0 Å². The van der Waals surface area contributed by atoms with Crippen LogP contribution in [0, 0.1) is 0 Å². The number of thioether (sulfide) groups is 1. The summed E-state index contributed by atoms with van der Waals surface area (Å²) >= 11 is 1.62. The van der Waals surface area contributed by atoms with Crippen LogP contribution >= 0.6 is 11.8 Å². The number of benzene rings is 1. The Kier molecular flexibility index (Phi) is 6.24. The number of amides is 1. The van der Waals surface area contributed by atoms with Crippen LogP contribution in [-0.4, -0.2) is 54.9 Å². The number of allylic oxidation sites excluding steroid dienone is 1. The third-order valence-electron chi connectivity index (χ3n) is 5.75. The highest BCUT2D eigenvalue weighted by atomic mass is 32.2. The predicted molar refractivity (Wildman–Crippen MR) is 127 cm³/mol. The van der Waals surface area contributed by atoms with Crippen LogP contribution in [0.15, 0.2) is 64.8 Å². The number of carbonyl (C=O) groups excluding carboxylic acids is 1. The Bertz CT molecular complexity index is 1310. The molecule has 2 aromatic heterocycles. The fraction of sp³-hybridized carbons (Fsp3) is 0.304. The van der Waals surface area contributed by atoms with Crippen molar-refractivity contribution in [2.45, 2.75) is 23.0 Å². The van der Waals surface area contributed by atoms with Crippen molar-refractivity contribution in [2.75, 3.05) is 26.3 Å². The third kappa shape index (κ3) is 4.70. The van der Waals surface area contributed by atoms with E-state index in [0.29, 0.717) is 31.9 Å². The number of hydrogen-bond donors (Lipinski definition) is 2. The molecule has 3 aromatic rings. The minimum atomic E-state index is -3.60. The lowest BCUT2D eigenvalue weighted by Crippen LogP contribution is -2.40. The fourth-order valence-electron chi connectivity index (χ4n) is 4.10. The van der Waals surface area contributed by atoms with Gasteiger partial charge in [-0.25, -0.2) is 13.4 Å². The Morgan fingerprint density at radius 1 is 1.24 bits per heavy atom. The summed E-state index contributed by atoms with van der Waals surface area (Å²) in [5, 5.41) is 5.09. The van der Waals surface area contributed by atoms with Crippen molar-refractivity contribution < 1.29 is 17.9 Å². The van der Waals surface area contributed by atoms with Crippen molar-refractivity contribution in [3.63, 3.8) is 0 Å².